The summed E-state index contributed by atoms with van der Waals surface area (Å²) in [5.74, 6) is -2.85. The molecule has 3 N–H and O–H groups in total. The first kappa shape index (κ1) is 16.6. The van der Waals surface area contributed by atoms with Crippen molar-refractivity contribution in [3.05, 3.63) is 22.1 Å². The first-order valence-corrected chi connectivity index (χ1v) is 6.69. The second-order valence-electron chi connectivity index (χ2n) is 3.96. The lowest BCUT2D eigenvalue weighted by Crippen LogP contribution is -2.43. The van der Waals surface area contributed by atoms with Gasteiger partial charge in [-0.2, -0.15) is 4.79 Å². The van der Waals surface area contributed by atoms with Crippen molar-refractivity contribution in [1.82, 2.24) is 10.3 Å². The number of hydrogen-bond acceptors (Lipinski definition) is 6. The molecule has 0 unspecified atom stereocenters. The van der Waals surface area contributed by atoms with Gasteiger partial charge in [0.1, 0.15) is 6.04 Å². The van der Waals surface area contributed by atoms with Crippen LogP contribution in [0.25, 0.3) is 5.53 Å². The van der Waals surface area contributed by atoms with Crippen LogP contribution in [0.4, 0.5) is 0 Å². The second-order valence-corrected chi connectivity index (χ2v) is 4.68. The average molecular weight is 312 g/mol. The Labute approximate surface area is 122 Å². The number of carbonyl (C=O) groups excluding carboxylic acids is 2. The summed E-state index contributed by atoms with van der Waals surface area (Å²) in [6.07, 6.45) is -1.36. The van der Waals surface area contributed by atoms with Gasteiger partial charge >= 0.3 is 12.2 Å². The van der Waals surface area contributed by atoms with E-state index in [1.807, 2.05) is 0 Å². The number of carboxylic acid groups (broad SMARTS) is 1. The molecule has 0 bridgehead atoms. The number of nitrogens with one attached hydrogen (secondary N) is 1. The SMILES string of the molecule is [N-]=[N+]=CC(=O)CC[C@H](NC(=O)[C@@H](O)c1cscn1)C(=O)O. The Morgan fingerprint density at radius 3 is 2.76 bits per heavy atom. The van der Waals surface area contributed by atoms with Crippen LogP contribution in [-0.4, -0.2) is 49.9 Å². The van der Waals surface area contributed by atoms with Crippen molar-refractivity contribution in [2.75, 3.05) is 0 Å². The highest BCUT2D eigenvalue weighted by Crippen LogP contribution is 2.13. The van der Waals surface area contributed by atoms with Crippen LogP contribution in [0.2, 0.25) is 0 Å². The van der Waals surface area contributed by atoms with E-state index in [0.29, 0.717) is 6.21 Å². The van der Waals surface area contributed by atoms with Gasteiger partial charge in [0.05, 0.1) is 11.2 Å². The van der Waals surface area contributed by atoms with E-state index in [1.54, 1.807) is 0 Å². The van der Waals surface area contributed by atoms with Crippen molar-refractivity contribution in [1.29, 1.82) is 0 Å². The van der Waals surface area contributed by atoms with Crippen molar-refractivity contribution in [3.8, 4) is 0 Å². The number of amides is 1. The molecule has 0 radical (unpaired) electrons. The van der Waals surface area contributed by atoms with Gasteiger partial charge in [0.15, 0.2) is 6.10 Å². The summed E-state index contributed by atoms with van der Waals surface area (Å²) in [6, 6.07) is -1.35. The quantitative estimate of drug-likeness (QED) is 0.331. The van der Waals surface area contributed by atoms with Crippen molar-refractivity contribution in [3.63, 3.8) is 0 Å². The van der Waals surface area contributed by atoms with Crippen LogP contribution >= 0.6 is 11.3 Å². The summed E-state index contributed by atoms with van der Waals surface area (Å²) < 4.78 is 0. The molecule has 0 saturated carbocycles. The van der Waals surface area contributed by atoms with Crippen LogP contribution in [0.15, 0.2) is 10.9 Å². The van der Waals surface area contributed by atoms with Gasteiger partial charge in [0, 0.05) is 11.8 Å². The number of ketones is 1. The summed E-state index contributed by atoms with van der Waals surface area (Å²) in [6.45, 7) is 0. The molecule has 112 valence electrons. The molecule has 1 rings (SSSR count). The Kier molecular flexibility index (Phi) is 6.34. The molecule has 0 spiro atoms. The van der Waals surface area contributed by atoms with Crippen LogP contribution in [-0.2, 0) is 14.4 Å². The molecule has 10 heteroatoms. The van der Waals surface area contributed by atoms with E-state index >= 15 is 0 Å². The van der Waals surface area contributed by atoms with Gasteiger partial charge in [0.25, 0.3) is 5.91 Å². The first-order chi connectivity index (χ1) is 9.95. The largest absolute Gasteiger partial charge is 0.480 e. The van der Waals surface area contributed by atoms with Crippen LogP contribution in [0.5, 0.6) is 0 Å². The van der Waals surface area contributed by atoms with Crippen LogP contribution in [0.3, 0.4) is 0 Å². The molecular formula is C11H12N4O5S. The number of rotatable bonds is 8. The summed E-state index contributed by atoms with van der Waals surface area (Å²) in [4.78, 5) is 40.1. The van der Waals surface area contributed by atoms with E-state index in [-0.39, 0.29) is 18.5 Å². The molecule has 9 nitrogen and oxygen atoms in total. The molecule has 0 aliphatic heterocycles. The number of Topliss-reactive ketones (excluding diaryl/α,β-unsaturated/α-hetero) is 1. The van der Waals surface area contributed by atoms with Crippen molar-refractivity contribution in [2.24, 2.45) is 0 Å². The minimum atomic E-state index is -1.58. The maximum atomic E-state index is 11.7. The zero-order valence-electron chi connectivity index (χ0n) is 10.7. The van der Waals surface area contributed by atoms with Gasteiger partial charge < -0.3 is 21.1 Å². The van der Waals surface area contributed by atoms with E-state index in [2.05, 4.69) is 15.1 Å². The molecule has 0 saturated heterocycles. The Hall–Kier alpha value is -2.42. The molecule has 2 atom stereocenters. The van der Waals surface area contributed by atoms with Gasteiger partial charge in [-0.3, -0.25) is 9.59 Å². The number of nitrogens with zero attached hydrogens (tertiary/aromatic N) is 3. The van der Waals surface area contributed by atoms with Crippen molar-refractivity contribution >= 4 is 35.2 Å². The summed E-state index contributed by atoms with van der Waals surface area (Å²) >= 11 is 1.18. The smallest absolute Gasteiger partial charge is 0.326 e. The molecule has 0 fully saturated rings. The highest BCUT2D eigenvalue weighted by atomic mass is 32.1. The average Bonchev–Trinajstić information content (AvgIpc) is 2.96. The minimum absolute atomic E-state index is 0.116. The lowest BCUT2D eigenvalue weighted by Gasteiger charge is -2.15. The lowest BCUT2D eigenvalue weighted by atomic mass is 10.1. The van der Waals surface area contributed by atoms with Crippen LogP contribution in [0, 0.1) is 0 Å². The number of carbonyl (C=O) groups is 3. The van der Waals surface area contributed by atoms with Gasteiger partial charge in [-0.1, -0.05) is 0 Å². The van der Waals surface area contributed by atoms with Crippen LogP contribution in [0.1, 0.15) is 24.6 Å². The number of aliphatic hydroxyl groups is 1. The van der Waals surface area contributed by atoms with Gasteiger partial charge in [0.2, 0.25) is 5.78 Å². The minimum Gasteiger partial charge on any atom is -0.480 e. The zero-order chi connectivity index (χ0) is 15.8. The van der Waals surface area contributed by atoms with Crippen molar-refractivity contribution in [2.45, 2.75) is 25.0 Å². The Bertz CT molecular complexity index is 567. The summed E-state index contributed by atoms with van der Waals surface area (Å²) in [5, 5.41) is 22.2. The number of aliphatic hydroxyl groups excluding tert-OH is 1. The monoisotopic (exact) mass is 312 g/mol. The van der Waals surface area contributed by atoms with Crippen LogP contribution < -0.4 is 5.32 Å². The third-order valence-corrected chi connectivity index (χ3v) is 3.08. The van der Waals surface area contributed by atoms with E-state index < -0.39 is 29.8 Å². The highest BCUT2D eigenvalue weighted by molar-refractivity contribution is 7.07. The van der Waals surface area contributed by atoms with Gasteiger partial charge in [-0.05, 0) is 6.42 Å². The van der Waals surface area contributed by atoms with E-state index in [9.17, 15) is 19.5 Å². The number of carboxylic acids is 1. The molecule has 1 heterocycles. The number of aromatic nitrogens is 1. The Balaban J connectivity index is 2.61. The number of thiazole rings is 1. The molecular weight excluding hydrogens is 300 g/mol. The predicted molar refractivity (Wildman–Crippen MR) is 70.6 cm³/mol. The van der Waals surface area contributed by atoms with E-state index in [0.717, 1.165) is 0 Å². The van der Waals surface area contributed by atoms with Gasteiger partial charge in [-0.25, -0.2) is 9.78 Å². The molecule has 21 heavy (non-hydrogen) atoms. The first-order valence-electron chi connectivity index (χ1n) is 5.75. The van der Waals surface area contributed by atoms with E-state index in [4.69, 9.17) is 10.6 Å². The summed E-state index contributed by atoms with van der Waals surface area (Å²) in [7, 11) is 0. The fourth-order valence-electron chi connectivity index (χ4n) is 1.41. The normalized spacial score (nSPS) is 12.8. The lowest BCUT2D eigenvalue weighted by molar-refractivity contribution is -0.143. The molecule has 0 aliphatic carbocycles. The third kappa shape index (κ3) is 5.22. The van der Waals surface area contributed by atoms with Crippen molar-refractivity contribution < 1.29 is 29.4 Å². The predicted octanol–water partition coefficient (Wildman–Crippen LogP) is -0.604. The Morgan fingerprint density at radius 1 is 1.52 bits per heavy atom. The molecule has 0 aliphatic rings. The topological polar surface area (TPSA) is 153 Å². The number of hydrogen-bond donors (Lipinski definition) is 3. The maximum Gasteiger partial charge on any atom is 0.326 e. The molecule has 1 aromatic heterocycles. The molecule has 1 amide bonds. The molecule has 0 aromatic carbocycles. The highest BCUT2D eigenvalue weighted by Gasteiger charge is 2.26. The second kappa shape index (κ2) is 8.00. The fourth-order valence-corrected chi connectivity index (χ4v) is 1.99. The standard InChI is InChI=1S/C11H12N4O5S/c12-14-3-6(16)1-2-7(11(19)20)15-10(18)9(17)8-4-21-5-13-8/h3-5,7,9,17H,1-2H2,(H,15,18)(H,19,20)/t7-,9-/m0/s1. The van der Waals surface area contributed by atoms with E-state index in [1.165, 1.54) is 22.2 Å². The third-order valence-electron chi connectivity index (χ3n) is 2.48. The Morgan fingerprint density at radius 2 is 2.24 bits per heavy atom. The maximum absolute atomic E-state index is 11.7. The fraction of sp³-hybridized carbons (Fsp3) is 0.364. The number of aliphatic carboxylic acids is 1. The zero-order valence-corrected chi connectivity index (χ0v) is 11.5. The summed E-state index contributed by atoms with van der Waals surface area (Å²) in [5.41, 5.74) is 9.70. The van der Waals surface area contributed by atoms with Gasteiger partial charge in [-0.15, -0.1) is 11.3 Å². The molecule has 1 aromatic rings.